The van der Waals surface area contributed by atoms with Gasteiger partial charge in [0, 0.05) is 5.56 Å². The molecular formula is C39H25Cl2N2O5P. The molecule has 0 saturated heterocycles. The summed E-state index contributed by atoms with van der Waals surface area (Å²) >= 11 is 12.7. The number of amides is 3. The largest absolute Gasteiger partial charge is 0.420 e. The molecule has 0 bridgehead atoms. The van der Waals surface area contributed by atoms with Crippen LogP contribution in [0.2, 0.25) is 10.0 Å². The van der Waals surface area contributed by atoms with E-state index in [0.29, 0.717) is 5.56 Å². The third-order valence-electron chi connectivity index (χ3n) is 8.21. The molecule has 1 N–H and O–H groups in total. The first-order valence-electron chi connectivity index (χ1n) is 15.1. The quantitative estimate of drug-likeness (QED) is 0.151. The molecule has 1 aliphatic heterocycles. The predicted octanol–water partition coefficient (Wildman–Crippen LogP) is 6.90. The summed E-state index contributed by atoms with van der Waals surface area (Å²) in [6.45, 7) is -3.24. The molecule has 0 saturated carbocycles. The molecule has 7 rings (SSSR count). The van der Waals surface area contributed by atoms with E-state index in [1.807, 2.05) is 91.0 Å². The molecule has 0 atom stereocenters. The Hall–Kier alpha value is -5.46. The molecule has 0 fully saturated rings. The van der Waals surface area contributed by atoms with Crippen LogP contribution in [-0.2, 0) is 4.79 Å². The molecule has 10 heteroatoms. The van der Waals surface area contributed by atoms with Gasteiger partial charge in [0.1, 0.15) is 5.69 Å². The van der Waals surface area contributed by atoms with Crippen LogP contribution >= 0.6 is 30.1 Å². The van der Waals surface area contributed by atoms with Crippen LogP contribution in [0.5, 0.6) is 0 Å². The van der Waals surface area contributed by atoms with Crippen LogP contribution in [0.15, 0.2) is 155 Å². The number of hydrogen-bond donors (Lipinski definition) is 1. The summed E-state index contributed by atoms with van der Waals surface area (Å²) in [6, 6.07) is 42.6. The summed E-state index contributed by atoms with van der Waals surface area (Å²) in [5, 5.41) is 5.44. The number of halogens is 2. The van der Waals surface area contributed by atoms with Crippen molar-refractivity contribution >= 4 is 80.4 Å². The first-order chi connectivity index (χ1) is 23.8. The lowest BCUT2D eigenvalue weighted by atomic mass is 10.0. The fourth-order valence-electron chi connectivity index (χ4n) is 6.04. The first kappa shape index (κ1) is 32.1. The van der Waals surface area contributed by atoms with Gasteiger partial charge in [0.05, 0.1) is 26.6 Å². The number of nitrogens with one attached hydrogen (secondary N) is 1. The number of imide groups is 1. The van der Waals surface area contributed by atoms with Gasteiger partial charge in [-0.05, 0) is 59.2 Å². The van der Waals surface area contributed by atoms with E-state index < -0.39 is 30.2 Å². The number of carbonyl (C=O) groups excluding carboxylic acids is 3. The van der Waals surface area contributed by atoms with Crippen molar-refractivity contribution in [1.82, 2.24) is 0 Å². The Morgan fingerprint density at radius 2 is 1.12 bits per heavy atom. The summed E-state index contributed by atoms with van der Waals surface area (Å²) in [5.41, 5.74) is -0.798. The van der Waals surface area contributed by atoms with Gasteiger partial charge in [-0.1, -0.05) is 132 Å². The van der Waals surface area contributed by atoms with Crippen molar-refractivity contribution in [2.75, 3.05) is 10.2 Å². The van der Waals surface area contributed by atoms with E-state index >= 15 is 4.79 Å². The predicted molar refractivity (Wildman–Crippen MR) is 197 cm³/mol. The van der Waals surface area contributed by atoms with Crippen LogP contribution in [0.25, 0.3) is 0 Å². The molecule has 1 aromatic heterocycles. The lowest BCUT2D eigenvalue weighted by molar-refractivity contribution is -0.111. The van der Waals surface area contributed by atoms with E-state index in [-0.39, 0.29) is 38.0 Å². The van der Waals surface area contributed by atoms with Crippen molar-refractivity contribution in [2.45, 2.75) is 0 Å². The van der Waals surface area contributed by atoms with Crippen molar-refractivity contribution < 1.29 is 18.8 Å². The minimum atomic E-state index is -3.24. The van der Waals surface area contributed by atoms with Gasteiger partial charge in [0.15, 0.2) is 5.76 Å². The lowest BCUT2D eigenvalue weighted by Gasteiger charge is -2.36. The maximum Gasteiger partial charge on any atom is 0.360 e. The minimum absolute atomic E-state index is 0.0872. The zero-order chi connectivity index (χ0) is 34.1. The molecule has 1 aliphatic rings. The number of benzene rings is 5. The highest BCUT2D eigenvalue weighted by molar-refractivity contribution is 7.97. The van der Waals surface area contributed by atoms with E-state index in [1.54, 1.807) is 30.3 Å². The number of anilines is 2. The lowest BCUT2D eigenvalue weighted by Crippen LogP contribution is -2.50. The zero-order valence-corrected chi connectivity index (χ0v) is 28.0. The van der Waals surface area contributed by atoms with Gasteiger partial charge in [0.25, 0.3) is 17.7 Å². The fraction of sp³-hybridized carbons (Fsp3) is 0. The second-order valence-electron chi connectivity index (χ2n) is 11.1. The molecule has 3 amide bonds. The van der Waals surface area contributed by atoms with Gasteiger partial charge in [0.2, 0.25) is 0 Å². The molecule has 5 aromatic carbocycles. The van der Waals surface area contributed by atoms with Gasteiger partial charge in [-0.3, -0.25) is 14.4 Å². The van der Waals surface area contributed by atoms with E-state index in [2.05, 4.69) is 5.32 Å². The fourth-order valence-corrected chi connectivity index (χ4v) is 10.7. The number of nitrogens with zero attached hydrogens (tertiary/aromatic N) is 1. The third kappa shape index (κ3) is 5.62. The number of fused-ring (bicyclic) bond motifs is 1. The average molecular weight is 704 g/mol. The van der Waals surface area contributed by atoms with Gasteiger partial charge < -0.3 is 9.73 Å². The van der Waals surface area contributed by atoms with Crippen LogP contribution < -0.4 is 31.8 Å². The molecule has 2 heterocycles. The maximum atomic E-state index is 15.2. The standard InChI is InChI=1S/C39H25Cl2N2O5P/c40-31-22-21-26(23-32(31)41)43-37(45)30-24-33(42-36(44)25-13-5-1-6-14-25)39(47)48-34(30)35(38(43)46)49(27-15-7-2-8-16-27,28-17-9-3-10-18-28)29-19-11-4-12-20-29/h1-24H,(H,42,44). The summed E-state index contributed by atoms with van der Waals surface area (Å²) in [6.07, 6.45) is 0. The third-order valence-corrected chi connectivity index (χ3v) is 13.2. The smallest absolute Gasteiger partial charge is 0.360 e. The molecule has 49 heavy (non-hydrogen) atoms. The molecule has 0 aliphatic carbocycles. The summed E-state index contributed by atoms with van der Waals surface area (Å²) < 4.78 is 6.02. The molecule has 0 radical (unpaired) electrons. The molecule has 7 nitrogen and oxygen atoms in total. The number of rotatable bonds is 6. The number of carbonyl (C=O) groups is 3. The summed E-state index contributed by atoms with van der Waals surface area (Å²) in [4.78, 5) is 57.6. The van der Waals surface area contributed by atoms with Gasteiger partial charge >= 0.3 is 5.63 Å². The second kappa shape index (κ2) is 13.2. The monoisotopic (exact) mass is 702 g/mol. The van der Waals surface area contributed by atoms with E-state index in [1.165, 1.54) is 24.3 Å². The highest BCUT2D eigenvalue weighted by Crippen LogP contribution is 2.50. The molecule has 240 valence electrons. The van der Waals surface area contributed by atoms with Crippen molar-refractivity contribution in [3.8, 4) is 0 Å². The normalized spacial score (nSPS) is 12.9. The Morgan fingerprint density at radius 1 is 0.612 bits per heavy atom. The van der Waals surface area contributed by atoms with Crippen LogP contribution in [0.3, 0.4) is 0 Å². The van der Waals surface area contributed by atoms with Crippen LogP contribution in [0.1, 0.15) is 26.5 Å². The Kier molecular flexibility index (Phi) is 8.66. The molecular weight excluding hydrogens is 678 g/mol. The average Bonchev–Trinajstić information content (AvgIpc) is 3.13. The van der Waals surface area contributed by atoms with Crippen molar-refractivity contribution in [1.29, 1.82) is 0 Å². The topological polar surface area (TPSA) is 96.7 Å². The number of hydrogen-bond acceptors (Lipinski definition) is 5. The SMILES string of the molecule is O=C(Nc1cc2c(oc1=O)C(=P(c1ccccc1)(c1ccccc1)c1ccccc1)C(=O)N(c1ccc(Cl)c(Cl)c1)C2=O)c1ccccc1. The van der Waals surface area contributed by atoms with Gasteiger partial charge in [-0.25, -0.2) is 9.69 Å². The Morgan fingerprint density at radius 3 is 1.63 bits per heavy atom. The first-order valence-corrected chi connectivity index (χ1v) is 17.7. The van der Waals surface area contributed by atoms with Crippen molar-refractivity contribution in [3.05, 3.63) is 183 Å². The molecule has 0 unspecified atom stereocenters. The van der Waals surface area contributed by atoms with Gasteiger partial charge in [-0.2, -0.15) is 0 Å². The highest BCUT2D eigenvalue weighted by atomic mass is 35.5. The van der Waals surface area contributed by atoms with E-state index in [4.69, 9.17) is 27.6 Å². The Balaban J connectivity index is 1.63. The summed E-state index contributed by atoms with van der Waals surface area (Å²) in [7, 11) is 0. The van der Waals surface area contributed by atoms with E-state index in [9.17, 15) is 14.4 Å². The van der Waals surface area contributed by atoms with Gasteiger partial charge in [-0.15, -0.1) is 0 Å². The van der Waals surface area contributed by atoms with Crippen LogP contribution in [-0.4, -0.2) is 23.0 Å². The summed E-state index contributed by atoms with van der Waals surface area (Å²) in [5.74, 6) is -2.20. The van der Waals surface area contributed by atoms with Crippen molar-refractivity contribution in [3.63, 3.8) is 0 Å². The zero-order valence-electron chi connectivity index (χ0n) is 25.5. The highest BCUT2D eigenvalue weighted by Gasteiger charge is 2.45. The van der Waals surface area contributed by atoms with E-state index in [0.717, 1.165) is 20.8 Å². The minimum Gasteiger partial charge on any atom is -0.420 e. The molecule has 6 aromatic rings. The van der Waals surface area contributed by atoms with Crippen molar-refractivity contribution in [2.24, 2.45) is 0 Å². The Labute approximate surface area is 291 Å². The Bertz CT molecular complexity index is 2260. The second-order valence-corrected chi connectivity index (χ2v) is 15.2. The van der Waals surface area contributed by atoms with Crippen LogP contribution in [0, 0.1) is 0 Å². The molecule has 0 spiro atoms. The van der Waals surface area contributed by atoms with Crippen LogP contribution in [0.4, 0.5) is 11.4 Å². The maximum absolute atomic E-state index is 15.2.